The molecular formula is C9H11N3O6. The smallest absolute Gasteiger partial charge is 0.329 e. The summed E-state index contributed by atoms with van der Waals surface area (Å²) in [6.45, 7) is 0.517. The van der Waals surface area contributed by atoms with Crippen LogP contribution in [0.2, 0.25) is 0 Å². The van der Waals surface area contributed by atoms with Gasteiger partial charge in [-0.05, 0) is 6.92 Å². The van der Waals surface area contributed by atoms with Gasteiger partial charge in [0.2, 0.25) is 5.88 Å². The summed E-state index contributed by atoms with van der Waals surface area (Å²) < 4.78 is 9.17. The minimum Gasteiger partial charge on any atom is -0.480 e. The third-order valence-electron chi connectivity index (χ3n) is 1.58. The van der Waals surface area contributed by atoms with E-state index >= 15 is 0 Å². The van der Waals surface area contributed by atoms with E-state index in [1.165, 1.54) is 6.07 Å². The minimum atomic E-state index is -1.20. The maximum absolute atomic E-state index is 11.2. The van der Waals surface area contributed by atoms with E-state index in [9.17, 15) is 14.4 Å². The van der Waals surface area contributed by atoms with Crippen LogP contribution in [-0.4, -0.2) is 41.4 Å². The van der Waals surface area contributed by atoms with Crippen molar-refractivity contribution in [3.05, 3.63) is 11.8 Å². The predicted octanol–water partition coefficient (Wildman–Crippen LogP) is -0.268. The Labute approximate surface area is 101 Å². The third-order valence-corrected chi connectivity index (χ3v) is 1.58. The van der Waals surface area contributed by atoms with Gasteiger partial charge in [0.1, 0.15) is 13.2 Å². The van der Waals surface area contributed by atoms with Gasteiger partial charge in [-0.1, -0.05) is 5.16 Å². The average Bonchev–Trinajstić information content (AvgIpc) is 2.62. The van der Waals surface area contributed by atoms with Crippen molar-refractivity contribution in [3.8, 4) is 0 Å². The number of aryl methyl sites for hydroxylation is 1. The molecule has 0 fully saturated rings. The number of carboxylic acid groups (broad SMARTS) is 1. The molecule has 0 saturated heterocycles. The molecule has 1 aromatic heterocycles. The molecule has 0 aromatic carbocycles. The molecule has 1 rings (SSSR count). The van der Waals surface area contributed by atoms with Gasteiger partial charge in [0.05, 0.1) is 5.69 Å². The van der Waals surface area contributed by atoms with E-state index < -0.39 is 31.1 Å². The molecule has 0 bridgehead atoms. The first-order valence-corrected chi connectivity index (χ1v) is 4.81. The van der Waals surface area contributed by atoms with Crippen LogP contribution in [0.15, 0.2) is 10.6 Å². The number of rotatable bonds is 5. The number of aromatic nitrogens is 1. The van der Waals surface area contributed by atoms with Gasteiger partial charge in [0.15, 0.2) is 0 Å². The standard InChI is InChI=1S/C9H11N3O6/c1-5-2-7(18-12-5)11-9(16)10-6(13)3-17-4-8(14)15/h2H,3-4H2,1H3,(H,14,15)(H2,10,11,13,16). The second-order valence-electron chi connectivity index (χ2n) is 3.22. The van der Waals surface area contributed by atoms with Crippen LogP contribution >= 0.6 is 0 Å². The molecule has 0 saturated carbocycles. The summed E-state index contributed by atoms with van der Waals surface area (Å²) in [5.74, 6) is -1.89. The van der Waals surface area contributed by atoms with Crippen molar-refractivity contribution >= 4 is 23.8 Å². The van der Waals surface area contributed by atoms with Gasteiger partial charge >= 0.3 is 12.0 Å². The van der Waals surface area contributed by atoms with Gasteiger partial charge in [-0.3, -0.25) is 15.4 Å². The summed E-state index contributed by atoms with van der Waals surface area (Å²) in [5, 5.41) is 15.9. The lowest BCUT2D eigenvalue weighted by atomic mass is 10.5. The van der Waals surface area contributed by atoms with Crippen LogP contribution in [0.3, 0.4) is 0 Å². The van der Waals surface area contributed by atoms with Crippen LogP contribution in [0.1, 0.15) is 5.69 Å². The lowest BCUT2D eigenvalue weighted by molar-refractivity contribution is -0.143. The van der Waals surface area contributed by atoms with Gasteiger partial charge in [0, 0.05) is 6.07 Å². The molecule has 9 heteroatoms. The fraction of sp³-hybridized carbons (Fsp3) is 0.333. The topological polar surface area (TPSA) is 131 Å². The molecule has 0 radical (unpaired) electrons. The molecule has 0 spiro atoms. The first-order chi connectivity index (χ1) is 8.47. The van der Waals surface area contributed by atoms with E-state index in [-0.39, 0.29) is 5.88 Å². The first kappa shape index (κ1) is 13.6. The van der Waals surface area contributed by atoms with Crippen molar-refractivity contribution < 1.29 is 28.8 Å². The van der Waals surface area contributed by atoms with Gasteiger partial charge in [0.25, 0.3) is 5.91 Å². The summed E-state index contributed by atoms with van der Waals surface area (Å²) in [6, 6.07) is 0.639. The molecule has 0 unspecified atom stereocenters. The van der Waals surface area contributed by atoms with Crippen molar-refractivity contribution in [2.75, 3.05) is 18.5 Å². The van der Waals surface area contributed by atoms with E-state index in [1.807, 2.05) is 5.32 Å². The number of ether oxygens (including phenoxy) is 1. The Morgan fingerprint density at radius 3 is 2.72 bits per heavy atom. The number of urea groups is 1. The van der Waals surface area contributed by atoms with Crippen LogP contribution in [0, 0.1) is 6.92 Å². The Bertz CT molecular complexity index is 455. The zero-order chi connectivity index (χ0) is 13.5. The maximum atomic E-state index is 11.2. The second-order valence-corrected chi connectivity index (χ2v) is 3.22. The largest absolute Gasteiger partial charge is 0.480 e. The van der Waals surface area contributed by atoms with Crippen molar-refractivity contribution in [2.45, 2.75) is 6.92 Å². The molecule has 3 N–H and O–H groups in total. The fourth-order valence-electron chi connectivity index (χ4n) is 0.959. The number of nitrogens with zero attached hydrogens (tertiary/aromatic N) is 1. The minimum absolute atomic E-state index is 0.0873. The summed E-state index contributed by atoms with van der Waals surface area (Å²) in [5.41, 5.74) is 0.571. The van der Waals surface area contributed by atoms with Crippen LogP contribution in [0.25, 0.3) is 0 Å². The molecule has 1 aromatic rings. The average molecular weight is 257 g/mol. The number of carboxylic acids is 1. The first-order valence-electron chi connectivity index (χ1n) is 4.81. The molecule has 0 atom stereocenters. The molecule has 3 amide bonds. The Morgan fingerprint density at radius 2 is 2.17 bits per heavy atom. The van der Waals surface area contributed by atoms with Gasteiger partial charge < -0.3 is 14.4 Å². The van der Waals surface area contributed by atoms with Crippen LogP contribution in [-0.2, 0) is 14.3 Å². The monoisotopic (exact) mass is 257 g/mol. The number of amides is 3. The second kappa shape index (κ2) is 6.35. The Hall–Kier alpha value is -2.42. The summed E-state index contributed by atoms with van der Waals surface area (Å²) in [6.07, 6.45) is 0. The van der Waals surface area contributed by atoms with E-state index in [1.54, 1.807) is 6.92 Å². The fourth-order valence-corrected chi connectivity index (χ4v) is 0.959. The maximum Gasteiger partial charge on any atom is 0.329 e. The highest BCUT2D eigenvalue weighted by molar-refractivity contribution is 6.00. The van der Waals surface area contributed by atoms with E-state index in [0.29, 0.717) is 5.69 Å². The quantitative estimate of drug-likeness (QED) is 0.661. The number of aliphatic carboxylic acids is 1. The van der Waals surface area contributed by atoms with Crippen molar-refractivity contribution in [1.82, 2.24) is 10.5 Å². The lowest BCUT2D eigenvalue weighted by Crippen LogP contribution is -2.37. The van der Waals surface area contributed by atoms with Crippen LogP contribution in [0.4, 0.5) is 10.7 Å². The molecule has 98 valence electrons. The molecule has 1 heterocycles. The van der Waals surface area contributed by atoms with Crippen LogP contribution in [0.5, 0.6) is 0 Å². The summed E-state index contributed by atoms with van der Waals surface area (Å²) >= 11 is 0. The van der Waals surface area contributed by atoms with Gasteiger partial charge in [-0.15, -0.1) is 0 Å². The normalized spacial score (nSPS) is 9.83. The Balaban J connectivity index is 2.27. The van der Waals surface area contributed by atoms with Gasteiger partial charge in [-0.2, -0.15) is 0 Å². The molecule has 18 heavy (non-hydrogen) atoms. The highest BCUT2D eigenvalue weighted by Crippen LogP contribution is 2.07. The van der Waals surface area contributed by atoms with Crippen molar-refractivity contribution in [1.29, 1.82) is 0 Å². The van der Waals surface area contributed by atoms with E-state index in [4.69, 9.17) is 5.11 Å². The molecule has 9 nitrogen and oxygen atoms in total. The SMILES string of the molecule is Cc1cc(NC(=O)NC(=O)COCC(=O)O)on1. The molecule has 0 aliphatic rings. The highest BCUT2D eigenvalue weighted by Gasteiger charge is 2.10. The number of carbonyl (C=O) groups excluding carboxylic acids is 2. The molecular weight excluding hydrogens is 246 g/mol. The van der Waals surface area contributed by atoms with Crippen molar-refractivity contribution in [2.24, 2.45) is 0 Å². The molecule has 0 aliphatic carbocycles. The number of imide groups is 1. The molecule has 0 aliphatic heterocycles. The Kier molecular flexibility index (Phi) is 4.81. The van der Waals surface area contributed by atoms with Gasteiger partial charge in [-0.25, -0.2) is 9.59 Å². The van der Waals surface area contributed by atoms with E-state index in [0.717, 1.165) is 0 Å². The number of hydrogen-bond acceptors (Lipinski definition) is 6. The zero-order valence-electron chi connectivity index (χ0n) is 9.43. The summed E-state index contributed by atoms with van der Waals surface area (Å²) in [7, 11) is 0. The zero-order valence-corrected chi connectivity index (χ0v) is 9.43. The number of anilines is 1. The van der Waals surface area contributed by atoms with Crippen molar-refractivity contribution in [3.63, 3.8) is 0 Å². The lowest BCUT2D eigenvalue weighted by Gasteiger charge is -2.03. The predicted molar refractivity (Wildman–Crippen MR) is 56.9 cm³/mol. The number of nitrogens with one attached hydrogen (secondary N) is 2. The summed E-state index contributed by atoms with van der Waals surface area (Å²) in [4.78, 5) is 32.4. The third kappa shape index (κ3) is 5.07. The van der Waals surface area contributed by atoms with Crippen LogP contribution < -0.4 is 10.6 Å². The number of carbonyl (C=O) groups is 3. The van der Waals surface area contributed by atoms with E-state index in [2.05, 4.69) is 19.7 Å². The Morgan fingerprint density at radius 1 is 1.44 bits per heavy atom. The highest BCUT2D eigenvalue weighted by atomic mass is 16.5. The number of hydrogen-bond donors (Lipinski definition) is 3.